The van der Waals surface area contributed by atoms with E-state index in [2.05, 4.69) is 10.2 Å². The van der Waals surface area contributed by atoms with E-state index in [-0.39, 0.29) is 37.3 Å². The van der Waals surface area contributed by atoms with Gasteiger partial charge in [0.15, 0.2) is 0 Å². The van der Waals surface area contributed by atoms with Crippen LogP contribution in [0.2, 0.25) is 0 Å². The lowest BCUT2D eigenvalue weighted by molar-refractivity contribution is -0.130. The molecule has 1 aliphatic rings. The summed E-state index contributed by atoms with van der Waals surface area (Å²) >= 11 is 0. The molecule has 17 heavy (non-hydrogen) atoms. The van der Waals surface area contributed by atoms with E-state index in [4.69, 9.17) is 10.5 Å². The Morgan fingerprint density at radius 2 is 2.00 bits per heavy atom. The van der Waals surface area contributed by atoms with Gasteiger partial charge in [0, 0.05) is 26.7 Å². The molecule has 3 N–H and O–H groups in total. The Balaban J connectivity index is 0. The number of hydrogen-bond acceptors (Lipinski definition) is 4. The van der Waals surface area contributed by atoms with Gasteiger partial charge in [0.25, 0.3) is 0 Å². The Bertz CT molecular complexity index is 198. The highest BCUT2D eigenvalue weighted by Gasteiger charge is 2.16. The largest absolute Gasteiger partial charge is 0.370 e. The maximum Gasteiger partial charge on any atom is 0.250 e. The van der Waals surface area contributed by atoms with Crippen molar-refractivity contribution in [2.75, 3.05) is 39.8 Å². The minimum Gasteiger partial charge on any atom is -0.370 e. The molecule has 1 aliphatic heterocycles. The van der Waals surface area contributed by atoms with Gasteiger partial charge in [-0.15, -0.1) is 24.8 Å². The summed E-state index contributed by atoms with van der Waals surface area (Å²) in [6, 6.07) is 0. The van der Waals surface area contributed by atoms with Gasteiger partial charge in [-0.1, -0.05) is 0 Å². The molecular formula is C10H23Cl2N3O2. The second kappa shape index (κ2) is 11.0. The van der Waals surface area contributed by atoms with Crippen molar-refractivity contribution in [1.29, 1.82) is 0 Å². The van der Waals surface area contributed by atoms with Gasteiger partial charge in [-0.2, -0.15) is 0 Å². The Hall–Kier alpha value is -0.0700. The van der Waals surface area contributed by atoms with Gasteiger partial charge in [-0.3, -0.25) is 4.79 Å². The van der Waals surface area contributed by atoms with E-state index in [0.29, 0.717) is 6.54 Å². The molecule has 7 heteroatoms. The third-order valence-corrected chi connectivity index (χ3v) is 2.72. The van der Waals surface area contributed by atoms with Crippen LogP contribution >= 0.6 is 24.8 Å². The van der Waals surface area contributed by atoms with Gasteiger partial charge >= 0.3 is 0 Å². The second-order valence-electron chi connectivity index (χ2n) is 3.80. The van der Waals surface area contributed by atoms with E-state index in [1.54, 1.807) is 0 Å². The van der Waals surface area contributed by atoms with Crippen LogP contribution in [-0.4, -0.2) is 56.7 Å². The van der Waals surface area contributed by atoms with Crippen LogP contribution in [0.3, 0.4) is 0 Å². The fraction of sp³-hybridized carbons (Fsp3) is 0.900. The van der Waals surface area contributed by atoms with Gasteiger partial charge in [0.2, 0.25) is 5.91 Å². The van der Waals surface area contributed by atoms with Gasteiger partial charge in [-0.05, 0) is 25.9 Å². The molecule has 0 saturated carbocycles. The first-order valence-corrected chi connectivity index (χ1v) is 5.51. The molecule has 0 radical (unpaired) electrons. The summed E-state index contributed by atoms with van der Waals surface area (Å²) in [7, 11) is 1.50. The molecule has 0 aromatic carbocycles. The molecule has 1 fully saturated rings. The molecule has 0 aromatic rings. The van der Waals surface area contributed by atoms with Crippen LogP contribution in [0.25, 0.3) is 0 Å². The number of nitrogens with zero attached hydrogens (tertiary/aromatic N) is 1. The summed E-state index contributed by atoms with van der Waals surface area (Å²) < 4.78 is 4.93. The Labute approximate surface area is 115 Å². The summed E-state index contributed by atoms with van der Waals surface area (Å²) in [5, 5.41) is 2.83. The lowest BCUT2D eigenvalue weighted by Gasteiger charge is -2.17. The van der Waals surface area contributed by atoms with Crippen LogP contribution in [0, 0.1) is 0 Å². The highest BCUT2D eigenvalue weighted by atomic mass is 35.5. The number of ether oxygens (including phenoxy) is 1. The minimum absolute atomic E-state index is 0. The van der Waals surface area contributed by atoms with Gasteiger partial charge in [-0.25, -0.2) is 0 Å². The van der Waals surface area contributed by atoms with Crippen molar-refractivity contribution in [3.63, 3.8) is 0 Å². The van der Waals surface area contributed by atoms with Crippen molar-refractivity contribution in [3.8, 4) is 0 Å². The number of carbonyl (C=O) groups is 1. The van der Waals surface area contributed by atoms with Crippen LogP contribution in [0.15, 0.2) is 0 Å². The maximum absolute atomic E-state index is 11.4. The molecule has 0 spiro atoms. The molecule has 5 nitrogen and oxygen atoms in total. The highest BCUT2D eigenvalue weighted by molar-refractivity contribution is 5.85. The summed E-state index contributed by atoms with van der Waals surface area (Å²) in [4.78, 5) is 13.8. The summed E-state index contributed by atoms with van der Waals surface area (Å²) in [6.45, 7) is 4.14. The lowest BCUT2D eigenvalue weighted by atomic mass is 10.3. The van der Waals surface area contributed by atoms with E-state index >= 15 is 0 Å². The maximum atomic E-state index is 11.4. The number of likely N-dealkylation sites (tertiary alicyclic amines) is 1. The first-order valence-electron chi connectivity index (χ1n) is 5.51. The molecule has 104 valence electrons. The van der Waals surface area contributed by atoms with Crippen LogP contribution in [0.1, 0.15) is 12.8 Å². The predicted molar refractivity (Wildman–Crippen MR) is 73.0 cm³/mol. The summed E-state index contributed by atoms with van der Waals surface area (Å²) in [5.74, 6) is -0.112. The van der Waals surface area contributed by atoms with Gasteiger partial charge in [0.1, 0.15) is 6.10 Å². The predicted octanol–water partition coefficient (Wildman–Crippen LogP) is 0.0157. The molecule has 1 rings (SSSR count). The first-order chi connectivity index (χ1) is 7.27. The van der Waals surface area contributed by atoms with Crippen LogP contribution in [-0.2, 0) is 9.53 Å². The van der Waals surface area contributed by atoms with Crippen molar-refractivity contribution in [2.45, 2.75) is 18.9 Å². The SMILES string of the molecule is COC(CN)C(=O)NCCN1CCCC1.Cl.Cl. The number of rotatable bonds is 6. The van der Waals surface area contributed by atoms with Crippen LogP contribution in [0.5, 0.6) is 0 Å². The van der Waals surface area contributed by atoms with Crippen LogP contribution in [0.4, 0.5) is 0 Å². The zero-order valence-corrected chi connectivity index (χ0v) is 11.8. The van der Waals surface area contributed by atoms with Crippen LogP contribution < -0.4 is 11.1 Å². The van der Waals surface area contributed by atoms with E-state index in [1.807, 2.05) is 0 Å². The molecular weight excluding hydrogens is 265 g/mol. The molecule has 1 atom stereocenters. The topological polar surface area (TPSA) is 67.6 Å². The quantitative estimate of drug-likeness (QED) is 0.723. The van der Waals surface area contributed by atoms with Crippen molar-refractivity contribution in [3.05, 3.63) is 0 Å². The van der Waals surface area contributed by atoms with Gasteiger partial charge < -0.3 is 20.7 Å². The molecule has 1 heterocycles. The second-order valence-corrected chi connectivity index (χ2v) is 3.80. The van der Waals surface area contributed by atoms with E-state index in [1.165, 1.54) is 20.0 Å². The van der Waals surface area contributed by atoms with Crippen molar-refractivity contribution in [1.82, 2.24) is 10.2 Å². The summed E-state index contributed by atoms with van der Waals surface area (Å²) in [6.07, 6.45) is 2.04. The summed E-state index contributed by atoms with van der Waals surface area (Å²) in [5.41, 5.74) is 5.38. The number of carbonyl (C=O) groups excluding carboxylic acids is 1. The number of amides is 1. The van der Waals surface area contributed by atoms with E-state index in [9.17, 15) is 4.79 Å². The van der Waals surface area contributed by atoms with E-state index in [0.717, 1.165) is 19.6 Å². The zero-order chi connectivity index (χ0) is 11.1. The number of nitrogens with two attached hydrogens (primary N) is 1. The average Bonchev–Trinajstić information content (AvgIpc) is 2.72. The standard InChI is InChI=1S/C10H21N3O2.2ClH/c1-15-9(8-11)10(14)12-4-7-13-5-2-3-6-13;;/h9H,2-8,11H2,1H3,(H,12,14);2*1H. The lowest BCUT2D eigenvalue weighted by Crippen LogP contribution is -2.43. The molecule has 1 saturated heterocycles. The smallest absolute Gasteiger partial charge is 0.250 e. The molecule has 0 aromatic heterocycles. The average molecular weight is 288 g/mol. The van der Waals surface area contributed by atoms with Gasteiger partial charge in [0.05, 0.1) is 0 Å². The normalized spacial score (nSPS) is 16.8. The Morgan fingerprint density at radius 1 is 1.41 bits per heavy atom. The van der Waals surface area contributed by atoms with Crippen molar-refractivity contribution in [2.24, 2.45) is 5.73 Å². The minimum atomic E-state index is -0.511. The third kappa shape index (κ3) is 7.06. The monoisotopic (exact) mass is 287 g/mol. The number of nitrogens with one attached hydrogen (secondary N) is 1. The molecule has 1 unspecified atom stereocenters. The molecule has 1 amide bonds. The number of halogens is 2. The van der Waals surface area contributed by atoms with E-state index < -0.39 is 6.10 Å². The number of methoxy groups -OCH3 is 1. The van der Waals surface area contributed by atoms with Crippen molar-refractivity contribution < 1.29 is 9.53 Å². The molecule has 0 bridgehead atoms. The highest BCUT2D eigenvalue weighted by Crippen LogP contribution is 2.05. The fourth-order valence-corrected chi connectivity index (χ4v) is 1.77. The Kier molecular flexibility index (Phi) is 12.5. The zero-order valence-electron chi connectivity index (χ0n) is 10.2. The first kappa shape index (κ1) is 19.3. The van der Waals surface area contributed by atoms with Crippen molar-refractivity contribution >= 4 is 30.7 Å². The molecule has 0 aliphatic carbocycles. The Morgan fingerprint density at radius 3 is 2.47 bits per heavy atom. The fourth-order valence-electron chi connectivity index (χ4n) is 1.77. The third-order valence-electron chi connectivity index (χ3n) is 2.72. The number of hydrogen-bond donors (Lipinski definition) is 2.